The molecule has 0 radical (unpaired) electrons. The molecule has 0 aliphatic heterocycles. The fourth-order valence-corrected chi connectivity index (χ4v) is 2.89. The van der Waals surface area contributed by atoms with Gasteiger partial charge >= 0.3 is 5.97 Å². The van der Waals surface area contributed by atoms with Crippen LogP contribution in [0.25, 0.3) is 0 Å². The Hall–Kier alpha value is -2.63. The van der Waals surface area contributed by atoms with Crippen LogP contribution in [-0.2, 0) is 10.3 Å². The molecule has 2 aromatic rings. The number of rotatable bonds is 5. The van der Waals surface area contributed by atoms with Crippen LogP contribution >= 0.6 is 0 Å². The molecule has 0 aliphatic rings. The number of carbonyl (C=O) groups excluding carboxylic acids is 1. The molecule has 2 N–H and O–H groups in total. The van der Waals surface area contributed by atoms with Gasteiger partial charge in [0.05, 0.1) is 18.0 Å². The van der Waals surface area contributed by atoms with Gasteiger partial charge in [0.15, 0.2) is 0 Å². The smallest absolute Gasteiger partial charge is 0.305 e. The first kappa shape index (κ1) is 18.7. The number of aliphatic carboxylic acids is 1. The second-order valence-electron chi connectivity index (χ2n) is 7.23. The first-order valence-corrected chi connectivity index (χ1v) is 8.25. The van der Waals surface area contributed by atoms with Gasteiger partial charge in [-0.15, -0.1) is 0 Å². The molecule has 0 aliphatic carbocycles. The predicted octanol–water partition coefficient (Wildman–Crippen LogP) is 3.20. The van der Waals surface area contributed by atoms with E-state index < -0.39 is 12.0 Å². The molecule has 1 heterocycles. The number of nitrogens with one attached hydrogen (secondary N) is 1. The van der Waals surface area contributed by atoms with Crippen molar-refractivity contribution in [3.63, 3.8) is 0 Å². The SMILES string of the molecule is Cc1ccccc1C(CC(=O)O)NC(=O)c1cc(C)n(C(C)(C)C)n1. The highest BCUT2D eigenvalue weighted by Crippen LogP contribution is 2.22. The highest BCUT2D eigenvalue weighted by Gasteiger charge is 2.24. The summed E-state index contributed by atoms with van der Waals surface area (Å²) in [7, 11) is 0. The summed E-state index contributed by atoms with van der Waals surface area (Å²) >= 11 is 0. The lowest BCUT2D eigenvalue weighted by Gasteiger charge is -2.21. The van der Waals surface area contributed by atoms with Crippen molar-refractivity contribution >= 4 is 11.9 Å². The molecular formula is C19H25N3O3. The number of nitrogens with zero attached hydrogens (tertiary/aromatic N) is 2. The molecular weight excluding hydrogens is 318 g/mol. The Bertz CT molecular complexity index is 787. The van der Waals surface area contributed by atoms with Crippen molar-refractivity contribution < 1.29 is 14.7 Å². The van der Waals surface area contributed by atoms with E-state index in [0.29, 0.717) is 0 Å². The van der Waals surface area contributed by atoms with Crippen LogP contribution in [0.3, 0.4) is 0 Å². The molecule has 1 unspecified atom stereocenters. The Labute approximate surface area is 147 Å². The third-order valence-corrected chi connectivity index (χ3v) is 4.00. The number of carbonyl (C=O) groups is 2. The van der Waals surface area contributed by atoms with E-state index in [2.05, 4.69) is 10.4 Å². The van der Waals surface area contributed by atoms with E-state index in [1.165, 1.54) is 0 Å². The number of aryl methyl sites for hydroxylation is 2. The summed E-state index contributed by atoms with van der Waals surface area (Å²) in [4.78, 5) is 23.9. The van der Waals surface area contributed by atoms with Gasteiger partial charge in [-0.25, -0.2) is 0 Å². The number of aromatic nitrogens is 2. The molecule has 1 aromatic carbocycles. The zero-order valence-electron chi connectivity index (χ0n) is 15.3. The molecule has 1 atom stereocenters. The maximum absolute atomic E-state index is 12.6. The van der Waals surface area contributed by atoms with Crippen molar-refractivity contribution in [2.24, 2.45) is 0 Å². The van der Waals surface area contributed by atoms with Gasteiger partial charge in [0.25, 0.3) is 5.91 Å². The molecule has 6 nitrogen and oxygen atoms in total. The largest absolute Gasteiger partial charge is 0.481 e. The Morgan fingerprint density at radius 2 is 1.88 bits per heavy atom. The lowest BCUT2D eigenvalue weighted by atomic mass is 9.98. The van der Waals surface area contributed by atoms with Crippen LogP contribution in [-0.4, -0.2) is 26.8 Å². The van der Waals surface area contributed by atoms with Gasteiger partial charge in [-0.05, 0) is 51.8 Å². The van der Waals surface area contributed by atoms with Crippen LogP contribution in [0.1, 0.15) is 60.5 Å². The fraction of sp³-hybridized carbons (Fsp3) is 0.421. The van der Waals surface area contributed by atoms with Gasteiger partial charge in [-0.1, -0.05) is 24.3 Å². The lowest BCUT2D eigenvalue weighted by molar-refractivity contribution is -0.137. The van der Waals surface area contributed by atoms with Gasteiger partial charge in [-0.2, -0.15) is 5.10 Å². The second kappa shape index (κ2) is 7.09. The minimum Gasteiger partial charge on any atom is -0.481 e. The minimum atomic E-state index is -0.968. The second-order valence-corrected chi connectivity index (χ2v) is 7.23. The van der Waals surface area contributed by atoms with Gasteiger partial charge < -0.3 is 10.4 Å². The lowest BCUT2D eigenvalue weighted by Crippen LogP contribution is -2.31. The van der Waals surface area contributed by atoms with Crippen molar-refractivity contribution in [2.75, 3.05) is 0 Å². The van der Waals surface area contributed by atoms with E-state index in [1.54, 1.807) is 10.7 Å². The monoisotopic (exact) mass is 343 g/mol. The molecule has 2 rings (SSSR count). The number of hydrogen-bond acceptors (Lipinski definition) is 3. The van der Waals surface area contributed by atoms with E-state index in [9.17, 15) is 14.7 Å². The van der Waals surface area contributed by atoms with Crippen LogP contribution in [0.2, 0.25) is 0 Å². The molecule has 6 heteroatoms. The standard InChI is InChI=1S/C19H25N3O3/c1-12-8-6-7-9-14(12)15(11-17(23)24)20-18(25)16-10-13(2)22(21-16)19(3,4)5/h6-10,15H,11H2,1-5H3,(H,20,25)(H,23,24). The van der Waals surface area contributed by atoms with Crippen LogP contribution in [0.4, 0.5) is 0 Å². The highest BCUT2D eigenvalue weighted by atomic mass is 16.4. The highest BCUT2D eigenvalue weighted by molar-refractivity contribution is 5.93. The Kier molecular flexibility index (Phi) is 5.30. The third-order valence-electron chi connectivity index (χ3n) is 4.00. The summed E-state index contributed by atoms with van der Waals surface area (Å²) in [5.41, 5.74) is 2.66. The van der Waals surface area contributed by atoms with Crippen LogP contribution in [0.15, 0.2) is 30.3 Å². The molecule has 0 saturated heterocycles. The van der Waals surface area contributed by atoms with E-state index in [1.807, 2.05) is 58.9 Å². The first-order chi connectivity index (χ1) is 11.6. The van der Waals surface area contributed by atoms with Crippen LogP contribution in [0.5, 0.6) is 0 Å². The Morgan fingerprint density at radius 3 is 2.40 bits per heavy atom. The Morgan fingerprint density at radius 1 is 1.24 bits per heavy atom. The van der Waals surface area contributed by atoms with Crippen molar-refractivity contribution in [3.8, 4) is 0 Å². The zero-order chi connectivity index (χ0) is 18.8. The third kappa shape index (κ3) is 4.47. The number of benzene rings is 1. The molecule has 0 spiro atoms. The van der Waals surface area contributed by atoms with E-state index in [4.69, 9.17) is 0 Å². The van der Waals surface area contributed by atoms with Crippen molar-refractivity contribution in [3.05, 3.63) is 52.8 Å². The summed E-state index contributed by atoms with van der Waals surface area (Å²) in [6.07, 6.45) is -0.185. The van der Waals surface area contributed by atoms with E-state index in [0.717, 1.165) is 16.8 Å². The normalized spacial score (nSPS) is 12.7. The predicted molar refractivity (Wildman–Crippen MR) is 95.6 cm³/mol. The van der Waals surface area contributed by atoms with E-state index >= 15 is 0 Å². The number of amides is 1. The number of hydrogen-bond donors (Lipinski definition) is 2. The van der Waals surface area contributed by atoms with Crippen molar-refractivity contribution in [2.45, 2.75) is 52.6 Å². The molecule has 134 valence electrons. The van der Waals surface area contributed by atoms with E-state index in [-0.39, 0.29) is 23.6 Å². The Balaban J connectivity index is 2.29. The van der Waals surface area contributed by atoms with Crippen molar-refractivity contribution in [1.29, 1.82) is 0 Å². The van der Waals surface area contributed by atoms with Gasteiger partial charge in [0.2, 0.25) is 0 Å². The minimum absolute atomic E-state index is 0.185. The first-order valence-electron chi connectivity index (χ1n) is 8.25. The zero-order valence-corrected chi connectivity index (χ0v) is 15.3. The molecule has 0 bridgehead atoms. The molecule has 1 aromatic heterocycles. The van der Waals surface area contributed by atoms with Crippen LogP contribution < -0.4 is 5.32 Å². The van der Waals surface area contributed by atoms with Gasteiger partial charge in [0.1, 0.15) is 5.69 Å². The summed E-state index contributed by atoms with van der Waals surface area (Å²) in [6, 6.07) is 8.56. The van der Waals surface area contributed by atoms with Crippen LogP contribution in [0, 0.1) is 13.8 Å². The van der Waals surface area contributed by atoms with Gasteiger partial charge in [0, 0.05) is 5.69 Å². The summed E-state index contributed by atoms with van der Waals surface area (Å²) in [5.74, 6) is -1.34. The quantitative estimate of drug-likeness (QED) is 0.873. The summed E-state index contributed by atoms with van der Waals surface area (Å²) < 4.78 is 1.79. The maximum atomic E-state index is 12.6. The average Bonchev–Trinajstić information content (AvgIpc) is 2.89. The molecule has 1 amide bonds. The van der Waals surface area contributed by atoms with Crippen molar-refractivity contribution in [1.82, 2.24) is 15.1 Å². The number of carboxylic acids is 1. The van der Waals surface area contributed by atoms with Gasteiger partial charge in [-0.3, -0.25) is 14.3 Å². The molecule has 0 saturated carbocycles. The fourth-order valence-electron chi connectivity index (χ4n) is 2.89. The summed E-state index contributed by atoms with van der Waals surface area (Å²) in [6.45, 7) is 9.82. The topological polar surface area (TPSA) is 84.2 Å². The molecule has 25 heavy (non-hydrogen) atoms. The number of carboxylic acid groups (broad SMARTS) is 1. The molecule has 0 fully saturated rings. The maximum Gasteiger partial charge on any atom is 0.305 e. The average molecular weight is 343 g/mol. The summed E-state index contributed by atoms with van der Waals surface area (Å²) in [5, 5.41) is 16.4.